The van der Waals surface area contributed by atoms with Crippen molar-refractivity contribution in [3.63, 3.8) is 0 Å². The van der Waals surface area contributed by atoms with Gasteiger partial charge in [-0.25, -0.2) is 9.97 Å². The molecule has 0 aliphatic heterocycles. The Morgan fingerprint density at radius 2 is 2.15 bits per heavy atom. The molecule has 2 heterocycles. The van der Waals surface area contributed by atoms with Gasteiger partial charge in [-0.15, -0.1) is 0 Å². The smallest absolute Gasteiger partial charge is 0.202 e. The molecule has 0 saturated heterocycles. The summed E-state index contributed by atoms with van der Waals surface area (Å²) in [5.74, 6) is 0.547. The van der Waals surface area contributed by atoms with E-state index in [1.165, 1.54) is 0 Å². The molecule has 0 bridgehead atoms. The van der Waals surface area contributed by atoms with Gasteiger partial charge < -0.3 is 10.5 Å². The van der Waals surface area contributed by atoms with Crippen molar-refractivity contribution in [1.82, 2.24) is 14.5 Å². The summed E-state index contributed by atoms with van der Waals surface area (Å²) in [4.78, 5) is 9.05. The molecule has 2 aromatic rings. The first-order valence-electron chi connectivity index (χ1n) is 7.17. The van der Waals surface area contributed by atoms with Gasteiger partial charge in [-0.2, -0.15) is 0 Å². The minimum absolute atomic E-state index is 0.0448. The van der Waals surface area contributed by atoms with Crippen molar-refractivity contribution in [1.29, 1.82) is 0 Å². The second kappa shape index (κ2) is 4.45. The van der Waals surface area contributed by atoms with Gasteiger partial charge in [0.05, 0.1) is 6.10 Å². The number of nitrogen functional groups attached to an aromatic ring is 1. The summed E-state index contributed by atoms with van der Waals surface area (Å²) in [5, 5.41) is 0. The van der Waals surface area contributed by atoms with Crippen LogP contribution >= 0.6 is 0 Å². The van der Waals surface area contributed by atoms with E-state index in [0.717, 1.165) is 29.9 Å². The maximum absolute atomic E-state index is 6.13. The normalized spacial score (nSPS) is 24.8. The van der Waals surface area contributed by atoms with E-state index in [1.807, 2.05) is 26.0 Å². The Bertz CT molecular complexity index is 647. The van der Waals surface area contributed by atoms with Crippen molar-refractivity contribution < 1.29 is 4.74 Å². The lowest BCUT2D eigenvalue weighted by Gasteiger charge is -2.52. The van der Waals surface area contributed by atoms with Gasteiger partial charge in [0.15, 0.2) is 5.65 Å². The fourth-order valence-corrected chi connectivity index (χ4v) is 3.18. The Morgan fingerprint density at radius 1 is 1.40 bits per heavy atom. The van der Waals surface area contributed by atoms with Crippen LogP contribution in [0, 0.1) is 12.3 Å². The Labute approximate surface area is 119 Å². The monoisotopic (exact) mass is 274 g/mol. The van der Waals surface area contributed by atoms with Crippen LogP contribution in [0.1, 0.15) is 38.9 Å². The summed E-state index contributed by atoms with van der Waals surface area (Å²) in [5.41, 5.74) is 8.90. The van der Waals surface area contributed by atoms with Crippen LogP contribution in [-0.2, 0) is 4.74 Å². The van der Waals surface area contributed by atoms with Gasteiger partial charge in [0.25, 0.3) is 0 Å². The third kappa shape index (κ3) is 1.80. The van der Waals surface area contributed by atoms with E-state index in [4.69, 9.17) is 10.5 Å². The van der Waals surface area contributed by atoms with E-state index in [9.17, 15) is 0 Å². The number of anilines is 1. The third-order valence-electron chi connectivity index (χ3n) is 4.51. The first kappa shape index (κ1) is 13.4. The van der Waals surface area contributed by atoms with Crippen molar-refractivity contribution in [2.24, 2.45) is 5.41 Å². The molecule has 20 heavy (non-hydrogen) atoms. The molecule has 3 rings (SSSR count). The zero-order chi connectivity index (χ0) is 14.5. The summed E-state index contributed by atoms with van der Waals surface area (Å²) in [7, 11) is 0. The second-order valence-corrected chi connectivity index (χ2v) is 6.15. The van der Waals surface area contributed by atoms with Gasteiger partial charge in [-0.3, -0.25) is 4.57 Å². The maximum Gasteiger partial charge on any atom is 0.202 e. The molecule has 1 saturated carbocycles. The lowest BCUT2D eigenvalue weighted by atomic mass is 9.64. The average molecular weight is 274 g/mol. The highest BCUT2D eigenvalue weighted by Gasteiger charge is 2.51. The summed E-state index contributed by atoms with van der Waals surface area (Å²) >= 11 is 0. The first-order valence-corrected chi connectivity index (χ1v) is 7.17. The highest BCUT2D eigenvalue weighted by Crippen LogP contribution is 2.52. The van der Waals surface area contributed by atoms with Gasteiger partial charge in [0.1, 0.15) is 5.52 Å². The number of hydrogen-bond donors (Lipinski definition) is 1. The minimum Gasteiger partial charge on any atom is -0.378 e. The van der Waals surface area contributed by atoms with Crippen LogP contribution in [0.15, 0.2) is 12.1 Å². The summed E-state index contributed by atoms with van der Waals surface area (Å²) < 4.78 is 7.88. The Hall–Kier alpha value is -1.62. The fourth-order valence-electron chi connectivity index (χ4n) is 3.18. The zero-order valence-electron chi connectivity index (χ0n) is 12.6. The highest BCUT2D eigenvalue weighted by atomic mass is 16.5. The molecule has 2 atom stereocenters. The standard InChI is InChI=1S/C15H22N4O/c1-5-20-12-8-11(15(12,3)4)19-13-10(18-14(19)16)7-6-9(2)17-13/h6-7,11-12H,5,8H2,1-4H3,(H2,16,18). The van der Waals surface area contributed by atoms with Gasteiger partial charge in [0, 0.05) is 23.8 Å². The van der Waals surface area contributed by atoms with Crippen LogP contribution in [0.3, 0.4) is 0 Å². The highest BCUT2D eigenvalue weighted by molar-refractivity contribution is 5.74. The Morgan fingerprint density at radius 3 is 2.80 bits per heavy atom. The van der Waals surface area contributed by atoms with Crippen LogP contribution in [-0.4, -0.2) is 27.2 Å². The molecule has 2 N–H and O–H groups in total. The fraction of sp³-hybridized carbons (Fsp3) is 0.600. The predicted octanol–water partition coefficient (Wildman–Crippen LogP) is 2.70. The maximum atomic E-state index is 6.13. The van der Waals surface area contributed by atoms with Gasteiger partial charge in [0.2, 0.25) is 5.95 Å². The quantitative estimate of drug-likeness (QED) is 0.934. The number of pyridine rings is 1. The molecule has 5 heteroatoms. The van der Waals surface area contributed by atoms with Crippen molar-refractivity contribution >= 4 is 17.1 Å². The minimum atomic E-state index is 0.0448. The number of nitrogens with zero attached hydrogens (tertiary/aromatic N) is 3. The average Bonchev–Trinajstić information content (AvgIpc) is 2.70. The van der Waals surface area contributed by atoms with Crippen LogP contribution in [0.4, 0.5) is 5.95 Å². The van der Waals surface area contributed by atoms with E-state index in [-0.39, 0.29) is 11.5 Å². The van der Waals surface area contributed by atoms with Crippen LogP contribution in [0.2, 0.25) is 0 Å². The predicted molar refractivity (Wildman–Crippen MR) is 79.5 cm³/mol. The molecular weight excluding hydrogens is 252 g/mol. The molecule has 108 valence electrons. The van der Waals surface area contributed by atoms with Crippen molar-refractivity contribution in [3.05, 3.63) is 17.8 Å². The Balaban J connectivity index is 2.03. The number of aryl methyl sites for hydroxylation is 1. The molecular formula is C15H22N4O. The van der Waals surface area contributed by atoms with Crippen LogP contribution < -0.4 is 5.73 Å². The zero-order valence-corrected chi connectivity index (χ0v) is 12.6. The van der Waals surface area contributed by atoms with Gasteiger partial charge in [-0.1, -0.05) is 13.8 Å². The van der Waals surface area contributed by atoms with E-state index >= 15 is 0 Å². The van der Waals surface area contributed by atoms with Crippen molar-refractivity contribution in [2.45, 2.75) is 46.3 Å². The number of rotatable bonds is 3. The SMILES string of the molecule is CCOC1CC(n2c(N)nc3ccc(C)nc32)C1(C)C. The molecule has 0 radical (unpaired) electrons. The molecule has 0 amide bonds. The molecule has 2 unspecified atom stereocenters. The van der Waals surface area contributed by atoms with E-state index in [1.54, 1.807) is 0 Å². The molecule has 1 fully saturated rings. The molecule has 2 aromatic heterocycles. The summed E-state index contributed by atoms with van der Waals surface area (Å²) in [6.07, 6.45) is 1.24. The van der Waals surface area contributed by atoms with Gasteiger partial charge >= 0.3 is 0 Å². The lowest BCUT2D eigenvalue weighted by Crippen LogP contribution is -2.51. The van der Waals surface area contributed by atoms with Crippen LogP contribution in [0.5, 0.6) is 0 Å². The number of nitrogens with two attached hydrogens (primary N) is 1. The topological polar surface area (TPSA) is 66.0 Å². The largest absolute Gasteiger partial charge is 0.378 e. The number of fused-ring (bicyclic) bond motifs is 1. The number of ether oxygens (including phenoxy) is 1. The van der Waals surface area contributed by atoms with E-state index in [0.29, 0.717) is 12.0 Å². The molecule has 0 spiro atoms. The molecule has 0 aromatic carbocycles. The molecule has 5 nitrogen and oxygen atoms in total. The molecule has 1 aliphatic rings. The van der Waals surface area contributed by atoms with Crippen molar-refractivity contribution in [3.8, 4) is 0 Å². The summed E-state index contributed by atoms with van der Waals surface area (Å²) in [6.45, 7) is 9.22. The number of imidazole rings is 1. The molecule has 1 aliphatic carbocycles. The number of aromatic nitrogens is 3. The van der Waals surface area contributed by atoms with Crippen LogP contribution in [0.25, 0.3) is 11.2 Å². The second-order valence-electron chi connectivity index (χ2n) is 6.15. The first-order chi connectivity index (χ1) is 9.45. The summed E-state index contributed by atoms with van der Waals surface area (Å²) in [6, 6.07) is 4.24. The Kier molecular flexibility index (Phi) is 2.97. The lowest BCUT2D eigenvalue weighted by molar-refractivity contribution is -0.126. The van der Waals surface area contributed by atoms with Gasteiger partial charge in [-0.05, 0) is 32.4 Å². The van der Waals surface area contributed by atoms with E-state index in [2.05, 4.69) is 28.4 Å². The van der Waals surface area contributed by atoms with E-state index < -0.39 is 0 Å². The number of hydrogen-bond acceptors (Lipinski definition) is 4. The third-order valence-corrected chi connectivity index (χ3v) is 4.51. The van der Waals surface area contributed by atoms with Crippen molar-refractivity contribution in [2.75, 3.05) is 12.3 Å².